The molecule has 2 heterocycles. The van der Waals surface area contributed by atoms with Crippen molar-refractivity contribution >= 4 is 0 Å². The van der Waals surface area contributed by atoms with Crippen molar-refractivity contribution in [3.63, 3.8) is 0 Å². The summed E-state index contributed by atoms with van der Waals surface area (Å²) in [7, 11) is 0. The van der Waals surface area contributed by atoms with E-state index in [0.29, 0.717) is 12.0 Å². The maximum atomic E-state index is 5.50. The molecule has 2 fully saturated rings. The molecule has 0 N–H and O–H groups in total. The van der Waals surface area contributed by atoms with Gasteiger partial charge >= 0.3 is 0 Å². The first-order chi connectivity index (χ1) is 4.88. The lowest BCUT2D eigenvalue weighted by molar-refractivity contribution is -0.0602. The highest BCUT2D eigenvalue weighted by atomic mass is 16.5. The van der Waals surface area contributed by atoms with E-state index in [0.717, 1.165) is 25.7 Å². The summed E-state index contributed by atoms with van der Waals surface area (Å²) in [5.41, 5.74) is 0. The smallest absolute Gasteiger partial charge is 0.0840 e. The molecular weight excluding hydrogens is 128 g/mol. The fraction of sp³-hybridized carbons (Fsp3) is 1.00. The Morgan fingerprint density at radius 3 is 3.00 bits per heavy atom. The number of fused-ring (bicyclic) bond motifs is 1. The van der Waals surface area contributed by atoms with Gasteiger partial charge in [-0.3, -0.25) is 0 Å². The standard InChI is InChI=1S/C8H14O2/c1-6-4-9-5-8-7(6)2-3-10-8/h6-8H,2-5H2,1H3/t6-,7-,8?/m1/s1. The van der Waals surface area contributed by atoms with Gasteiger partial charge < -0.3 is 9.47 Å². The average molecular weight is 142 g/mol. The molecule has 2 aliphatic rings. The van der Waals surface area contributed by atoms with Crippen molar-refractivity contribution in [2.45, 2.75) is 19.4 Å². The molecule has 0 aromatic carbocycles. The van der Waals surface area contributed by atoms with Crippen LogP contribution < -0.4 is 0 Å². The van der Waals surface area contributed by atoms with Crippen LogP contribution in [-0.4, -0.2) is 25.9 Å². The Hall–Kier alpha value is -0.0800. The summed E-state index contributed by atoms with van der Waals surface area (Å²) in [6.07, 6.45) is 1.67. The molecule has 0 saturated carbocycles. The maximum Gasteiger partial charge on any atom is 0.0840 e. The molecule has 10 heavy (non-hydrogen) atoms. The monoisotopic (exact) mass is 142 g/mol. The first-order valence-corrected chi connectivity index (χ1v) is 4.07. The van der Waals surface area contributed by atoms with E-state index in [-0.39, 0.29) is 0 Å². The largest absolute Gasteiger partial charge is 0.378 e. The normalized spacial score (nSPS) is 47.1. The van der Waals surface area contributed by atoms with Gasteiger partial charge in [0.05, 0.1) is 12.7 Å². The van der Waals surface area contributed by atoms with Crippen LogP contribution in [0.5, 0.6) is 0 Å². The first-order valence-electron chi connectivity index (χ1n) is 4.07. The van der Waals surface area contributed by atoms with E-state index < -0.39 is 0 Å². The molecule has 58 valence electrons. The fourth-order valence-electron chi connectivity index (χ4n) is 1.98. The summed E-state index contributed by atoms with van der Waals surface area (Å²) in [5, 5.41) is 0. The van der Waals surface area contributed by atoms with E-state index in [9.17, 15) is 0 Å². The molecule has 0 bridgehead atoms. The highest BCUT2D eigenvalue weighted by Gasteiger charge is 2.35. The van der Waals surface area contributed by atoms with E-state index >= 15 is 0 Å². The van der Waals surface area contributed by atoms with Crippen LogP contribution in [0.2, 0.25) is 0 Å². The first kappa shape index (κ1) is 6.62. The van der Waals surface area contributed by atoms with Gasteiger partial charge in [0.1, 0.15) is 0 Å². The van der Waals surface area contributed by atoms with Crippen molar-refractivity contribution in [1.82, 2.24) is 0 Å². The molecule has 2 heteroatoms. The second kappa shape index (κ2) is 2.51. The fourth-order valence-corrected chi connectivity index (χ4v) is 1.98. The van der Waals surface area contributed by atoms with E-state index in [4.69, 9.17) is 9.47 Å². The third kappa shape index (κ3) is 0.956. The summed E-state index contributed by atoms with van der Waals surface area (Å²) in [5.74, 6) is 1.50. The van der Waals surface area contributed by atoms with E-state index in [1.165, 1.54) is 6.42 Å². The summed E-state index contributed by atoms with van der Waals surface area (Å²) in [6, 6.07) is 0. The Morgan fingerprint density at radius 1 is 1.30 bits per heavy atom. The van der Waals surface area contributed by atoms with Gasteiger partial charge in [-0.25, -0.2) is 0 Å². The van der Waals surface area contributed by atoms with Crippen molar-refractivity contribution in [3.8, 4) is 0 Å². The SMILES string of the molecule is C[C@@H]1COCC2OCC[C@@H]21. The van der Waals surface area contributed by atoms with Crippen molar-refractivity contribution in [3.05, 3.63) is 0 Å². The lowest BCUT2D eigenvalue weighted by atomic mass is 9.87. The van der Waals surface area contributed by atoms with Crippen molar-refractivity contribution in [2.75, 3.05) is 19.8 Å². The molecule has 0 radical (unpaired) electrons. The van der Waals surface area contributed by atoms with Crippen LogP contribution in [0.3, 0.4) is 0 Å². The Bertz CT molecular complexity index is 124. The molecule has 0 aromatic rings. The van der Waals surface area contributed by atoms with Crippen LogP contribution in [0.1, 0.15) is 13.3 Å². The zero-order valence-electron chi connectivity index (χ0n) is 6.38. The molecule has 0 aliphatic carbocycles. The van der Waals surface area contributed by atoms with Crippen molar-refractivity contribution in [1.29, 1.82) is 0 Å². The van der Waals surface area contributed by atoms with Gasteiger partial charge in [0.25, 0.3) is 0 Å². The van der Waals surface area contributed by atoms with Crippen molar-refractivity contribution in [2.24, 2.45) is 11.8 Å². The van der Waals surface area contributed by atoms with E-state index in [1.54, 1.807) is 0 Å². The molecule has 0 spiro atoms. The van der Waals surface area contributed by atoms with Crippen molar-refractivity contribution < 1.29 is 9.47 Å². The number of ether oxygens (including phenoxy) is 2. The highest BCUT2D eigenvalue weighted by Crippen LogP contribution is 2.31. The summed E-state index contributed by atoms with van der Waals surface area (Å²) < 4.78 is 10.9. The van der Waals surface area contributed by atoms with Gasteiger partial charge in [0.15, 0.2) is 0 Å². The Morgan fingerprint density at radius 2 is 2.20 bits per heavy atom. The molecule has 0 aromatic heterocycles. The van der Waals surface area contributed by atoms with Crippen LogP contribution in [0.15, 0.2) is 0 Å². The zero-order chi connectivity index (χ0) is 6.97. The minimum Gasteiger partial charge on any atom is -0.378 e. The average Bonchev–Trinajstić information content (AvgIpc) is 2.36. The number of hydrogen-bond acceptors (Lipinski definition) is 2. The predicted octanol–water partition coefficient (Wildman–Crippen LogP) is 1.06. The molecule has 2 aliphatic heterocycles. The molecular formula is C8H14O2. The topological polar surface area (TPSA) is 18.5 Å². The summed E-state index contributed by atoms with van der Waals surface area (Å²) >= 11 is 0. The predicted molar refractivity (Wildman–Crippen MR) is 37.8 cm³/mol. The van der Waals surface area contributed by atoms with Gasteiger partial charge in [-0.2, -0.15) is 0 Å². The molecule has 2 rings (SSSR count). The molecule has 2 saturated heterocycles. The van der Waals surface area contributed by atoms with Crippen LogP contribution in [0.25, 0.3) is 0 Å². The minimum atomic E-state index is 0.420. The zero-order valence-corrected chi connectivity index (χ0v) is 6.38. The third-order valence-corrected chi connectivity index (χ3v) is 2.65. The van der Waals surface area contributed by atoms with Crippen LogP contribution in [0.4, 0.5) is 0 Å². The lowest BCUT2D eigenvalue weighted by Gasteiger charge is -2.29. The summed E-state index contributed by atoms with van der Waals surface area (Å²) in [6.45, 7) is 4.97. The maximum absolute atomic E-state index is 5.50. The molecule has 1 unspecified atom stereocenters. The molecule has 2 nitrogen and oxygen atoms in total. The molecule has 0 amide bonds. The highest BCUT2D eigenvalue weighted by molar-refractivity contribution is 4.83. The lowest BCUT2D eigenvalue weighted by Crippen LogP contribution is -2.35. The Labute approximate surface area is 61.5 Å². The minimum absolute atomic E-state index is 0.420. The van der Waals surface area contributed by atoms with Gasteiger partial charge in [-0.15, -0.1) is 0 Å². The van der Waals surface area contributed by atoms with Gasteiger partial charge in [0.2, 0.25) is 0 Å². The van der Waals surface area contributed by atoms with Crippen LogP contribution in [0, 0.1) is 11.8 Å². The van der Waals surface area contributed by atoms with Crippen LogP contribution in [-0.2, 0) is 9.47 Å². The summed E-state index contributed by atoms with van der Waals surface area (Å²) in [4.78, 5) is 0. The quantitative estimate of drug-likeness (QED) is 0.503. The second-order valence-electron chi connectivity index (χ2n) is 3.38. The van der Waals surface area contributed by atoms with Gasteiger partial charge in [0, 0.05) is 13.2 Å². The Balaban J connectivity index is 2.03. The number of hydrogen-bond donors (Lipinski definition) is 0. The number of rotatable bonds is 0. The second-order valence-corrected chi connectivity index (χ2v) is 3.38. The molecule has 3 atom stereocenters. The third-order valence-electron chi connectivity index (χ3n) is 2.65. The van der Waals surface area contributed by atoms with E-state index in [2.05, 4.69) is 6.92 Å². The van der Waals surface area contributed by atoms with Crippen LogP contribution >= 0.6 is 0 Å². The van der Waals surface area contributed by atoms with Gasteiger partial charge in [-0.1, -0.05) is 6.92 Å². The van der Waals surface area contributed by atoms with E-state index in [1.807, 2.05) is 0 Å². The Kier molecular flexibility index (Phi) is 1.66. The van der Waals surface area contributed by atoms with Gasteiger partial charge in [-0.05, 0) is 18.3 Å².